The average Bonchev–Trinajstić information content (AvgIpc) is 2.57. The number of hydrogen-bond donors (Lipinski definition) is 1. The van der Waals surface area contributed by atoms with Crippen LogP contribution < -0.4 is 5.43 Å². The van der Waals surface area contributed by atoms with Crippen molar-refractivity contribution >= 4 is 11.3 Å². The molecule has 2 rings (SSSR count). The zero-order valence-corrected chi connectivity index (χ0v) is 8.87. The zero-order valence-electron chi connectivity index (χ0n) is 8.87. The second-order valence-corrected chi connectivity index (χ2v) is 3.57. The number of carbonyl (C=O) groups is 1. The van der Waals surface area contributed by atoms with Gasteiger partial charge in [-0.05, 0) is 19.4 Å². The van der Waals surface area contributed by atoms with Gasteiger partial charge in [-0.3, -0.25) is 14.1 Å². The van der Waals surface area contributed by atoms with Crippen LogP contribution in [0.5, 0.6) is 0 Å². The lowest BCUT2D eigenvalue weighted by atomic mass is 10.1. The molecule has 0 unspecified atom stereocenters. The predicted molar refractivity (Wildman–Crippen MR) is 57.5 cm³/mol. The molecule has 0 saturated heterocycles. The number of carbonyl (C=O) groups excluding carboxylic acids is 1. The summed E-state index contributed by atoms with van der Waals surface area (Å²) in [6.07, 6.45) is 2.90. The summed E-state index contributed by atoms with van der Waals surface area (Å²) < 4.78 is 1.47. The van der Waals surface area contributed by atoms with E-state index in [1.54, 1.807) is 13.1 Å². The van der Waals surface area contributed by atoms with Crippen LogP contribution in [-0.2, 0) is 0 Å². The van der Waals surface area contributed by atoms with Gasteiger partial charge in [-0.1, -0.05) is 0 Å². The van der Waals surface area contributed by atoms with Crippen molar-refractivity contribution in [2.45, 2.75) is 13.8 Å². The van der Waals surface area contributed by atoms with E-state index >= 15 is 0 Å². The summed E-state index contributed by atoms with van der Waals surface area (Å²) in [5.41, 5.74) is 1.13. The molecular weight excluding hydrogens is 206 g/mol. The van der Waals surface area contributed by atoms with Crippen LogP contribution in [0.2, 0.25) is 0 Å². The number of aromatic amines is 1. The first-order valence-corrected chi connectivity index (χ1v) is 4.70. The Kier molecular flexibility index (Phi) is 2.13. The minimum Gasteiger partial charge on any atom is -0.300 e. The highest BCUT2D eigenvalue weighted by atomic mass is 16.1. The molecule has 2 aromatic heterocycles. The molecule has 0 fully saturated rings. The molecule has 0 spiro atoms. The molecule has 0 bridgehead atoms. The Labute approximate surface area is 90.9 Å². The topological polar surface area (TPSA) is 78.1 Å². The summed E-state index contributed by atoms with van der Waals surface area (Å²) in [4.78, 5) is 23.1. The highest BCUT2D eigenvalue weighted by molar-refractivity contribution is 5.97. The van der Waals surface area contributed by atoms with Crippen molar-refractivity contribution in [1.82, 2.24) is 9.61 Å². The number of hydrogen-bond acceptors (Lipinski definition) is 3. The predicted octanol–water partition coefficient (Wildman–Crippen LogP) is 1.01. The fourth-order valence-electron chi connectivity index (χ4n) is 1.75. The van der Waals surface area contributed by atoms with E-state index in [9.17, 15) is 9.59 Å². The van der Waals surface area contributed by atoms with E-state index in [-0.39, 0.29) is 16.8 Å². The Morgan fingerprint density at radius 1 is 1.56 bits per heavy atom. The second-order valence-electron chi connectivity index (χ2n) is 3.57. The average molecular weight is 215 g/mol. The molecule has 0 amide bonds. The molecule has 16 heavy (non-hydrogen) atoms. The first-order chi connectivity index (χ1) is 7.56. The summed E-state index contributed by atoms with van der Waals surface area (Å²) in [5, 5.41) is 11.5. The highest BCUT2D eigenvalue weighted by Gasteiger charge is 2.14. The molecule has 80 valence electrons. The van der Waals surface area contributed by atoms with Gasteiger partial charge in [0.2, 0.25) is 5.43 Å². The van der Waals surface area contributed by atoms with Gasteiger partial charge < -0.3 is 5.10 Å². The van der Waals surface area contributed by atoms with Gasteiger partial charge in [0, 0.05) is 18.0 Å². The lowest BCUT2D eigenvalue weighted by Gasteiger charge is -1.95. The first kappa shape index (κ1) is 10.2. The molecule has 0 aliphatic carbocycles. The lowest BCUT2D eigenvalue weighted by Crippen LogP contribution is -2.11. The molecule has 0 aromatic carbocycles. The monoisotopic (exact) mass is 215 g/mol. The van der Waals surface area contributed by atoms with Gasteiger partial charge in [0.05, 0.1) is 0 Å². The van der Waals surface area contributed by atoms with Gasteiger partial charge >= 0.3 is 0 Å². The molecule has 0 saturated carbocycles. The van der Waals surface area contributed by atoms with E-state index in [1.807, 2.05) is 6.07 Å². The lowest BCUT2D eigenvalue weighted by molar-refractivity contribution is 0.101. The molecule has 0 aliphatic rings. The molecule has 0 radical (unpaired) electrons. The maximum absolute atomic E-state index is 11.8. The molecule has 0 atom stereocenters. The van der Waals surface area contributed by atoms with Crippen molar-refractivity contribution in [3.05, 3.63) is 39.3 Å². The fraction of sp³-hybridized carbons (Fsp3) is 0.182. The summed E-state index contributed by atoms with van der Waals surface area (Å²) in [5.74, 6) is -0.104. The number of ketones is 1. The van der Waals surface area contributed by atoms with Crippen molar-refractivity contribution in [2.75, 3.05) is 0 Å². The number of Topliss-reactive ketones (excluding diaryl/α,β-unsaturated/α-hetero) is 1. The van der Waals surface area contributed by atoms with Gasteiger partial charge in [-0.2, -0.15) is 5.26 Å². The Balaban J connectivity index is 2.96. The summed E-state index contributed by atoms with van der Waals surface area (Å²) in [7, 11) is 0. The van der Waals surface area contributed by atoms with Crippen LogP contribution in [0.25, 0.3) is 5.52 Å². The van der Waals surface area contributed by atoms with Crippen LogP contribution >= 0.6 is 0 Å². The Hall–Kier alpha value is -2.35. The van der Waals surface area contributed by atoms with Crippen molar-refractivity contribution in [3.8, 4) is 6.07 Å². The summed E-state index contributed by atoms with van der Waals surface area (Å²) >= 11 is 0. The fourth-order valence-corrected chi connectivity index (χ4v) is 1.75. The third-order valence-corrected chi connectivity index (χ3v) is 2.57. The first-order valence-electron chi connectivity index (χ1n) is 4.70. The van der Waals surface area contributed by atoms with Gasteiger partial charge in [0.15, 0.2) is 5.78 Å². The number of rotatable bonds is 1. The van der Waals surface area contributed by atoms with Gasteiger partial charge in [-0.15, -0.1) is 0 Å². The van der Waals surface area contributed by atoms with E-state index < -0.39 is 0 Å². The maximum atomic E-state index is 11.8. The van der Waals surface area contributed by atoms with E-state index in [1.165, 1.54) is 17.6 Å². The van der Waals surface area contributed by atoms with Gasteiger partial charge in [0.25, 0.3) is 0 Å². The van der Waals surface area contributed by atoms with E-state index in [0.717, 1.165) is 0 Å². The van der Waals surface area contributed by atoms with Gasteiger partial charge in [0.1, 0.15) is 17.1 Å². The van der Waals surface area contributed by atoms with E-state index in [4.69, 9.17) is 5.26 Å². The number of fused-ring (bicyclic) bond motifs is 1. The van der Waals surface area contributed by atoms with E-state index in [0.29, 0.717) is 16.6 Å². The van der Waals surface area contributed by atoms with Gasteiger partial charge in [-0.25, -0.2) is 0 Å². The summed E-state index contributed by atoms with van der Waals surface area (Å²) in [6, 6.07) is 1.81. The molecule has 5 nitrogen and oxygen atoms in total. The Morgan fingerprint density at radius 2 is 2.25 bits per heavy atom. The zero-order chi connectivity index (χ0) is 11.9. The highest BCUT2D eigenvalue weighted by Crippen LogP contribution is 2.14. The molecule has 2 aromatic rings. The second kappa shape index (κ2) is 3.35. The largest absolute Gasteiger partial charge is 0.300 e. The normalized spacial score (nSPS) is 10.3. The minimum atomic E-state index is -0.355. The molecule has 5 heteroatoms. The number of nitrogens with one attached hydrogen (secondary N) is 1. The van der Waals surface area contributed by atoms with Crippen LogP contribution in [0.1, 0.15) is 28.4 Å². The number of aryl methyl sites for hydroxylation is 1. The number of nitriles is 1. The third-order valence-electron chi connectivity index (χ3n) is 2.57. The van der Waals surface area contributed by atoms with Crippen LogP contribution in [0.3, 0.4) is 0 Å². The van der Waals surface area contributed by atoms with Crippen molar-refractivity contribution in [1.29, 1.82) is 5.26 Å². The van der Waals surface area contributed by atoms with Crippen LogP contribution in [0.15, 0.2) is 17.2 Å². The molecule has 0 aliphatic heterocycles. The maximum Gasteiger partial charge on any atom is 0.223 e. The Bertz CT molecular complexity index is 686. The number of H-pyrrole nitrogens is 1. The standard InChI is InChI=1S/C11H9N3O2/c1-6-9(7(2)15)5-14-10(6)11(16)8(3-12)4-13-14/h4-5,13H,1-2H3. The quantitative estimate of drug-likeness (QED) is 0.721. The minimum absolute atomic E-state index is 0.0452. The van der Waals surface area contributed by atoms with E-state index in [2.05, 4.69) is 5.10 Å². The number of nitrogens with zero attached hydrogens (tertiary/aromatic N) is 2. The van der Waals surface area contributed by atoms with Crippen molar-refractivity contribution in [2.24, 2.45) is 0 Å². The number of aromatic nitrogens is 2. The van der Waals surface area contributed by atoms with Crippen LogP contribution in [-0.4, -0.2) is 15.4 Å². The Morgan fingerprint density at radius 3 is 2.81 bits per heavy atom. The SMILES string of the molecule is CC(=O)c1cn2[nH]cc(C#N)c(=O)c2c1C. The molecule has 1 N–H and O–H groups in total. The van der Waals surface area contributed by atoms with Crippen LogP contribution in [0.4, 0.5) is 0 Å². The molecule has 2 heterocycles. The summed E-state index contributed by atoms with van der Waals surface area (Å²) in [6.45, 7) is 3.14. The van der Waals surface area contributed by atoms with Crippen LogP contribution in [0, 0.1) is 18.3 Å². The smallest absolute Gasteiger partial charge is 0.223 e. The van der Waals surface area contributed by atoms with Crippen molar-refractivity contribution in [3.63, 3.8) is 0 Å². The third kappa shape index (κ3) is 1.24. The molecular formula is C11H9N3O2. The van der Waals surface area contributed by atoms with Crippen molar-refractivity contribution < 1.29 is 4.79 Å².